The first-order valence-electron chi connectivity index (χ1n) is 5.94. The van der Waals surface area contributed by atoms with Crippen LogP contribution in [0.4, 0.5) is 0 Å². The lowest BCUT2D eigenvalue weighted by molar-refractivity contribution is 0.414. The molecule has 0 spiro atoms. The molecule has 4 heteroatoms. The minimum Gasteiger partial charge on any atom is -0.497 e. The van der Waals surface area contributed by atoms with Gasteiger partial charge in [0.25, 0.3) is 0 Å². The predicted octanol–water partition coefficient (Wildman–Crippen LogP) is 4.24. The Balaban J connectivity index is 2.18. The van der Waals surface area contributed by atoms with Gasteiger partial charge in [-0.15, -0.1) is 0 Å². The molecule has 0 fully saturated rings. The van der Waals surface area contributed by atoms with Gasteiger partial charge in [0.2, 0.25) is 0 Å². The van der Waals surface area contributed by atoms with E-state index in [0.717, 1.165) is 16.9 Å². The molecule has 0 aliphatic rings. The average Bonchev–Trinajstić information content (AvgIpc) is 2.43. The lowest BCUT2D eigenvalue weighted by Crippen LogP contribution is -2.13. The summed E-state index contributed by atoms with van der Waals surface area (Å²) in [6.07, 6.45) is 0.602. The van der Waals surface area contributed by atoms with Gasteiger partial charge in [-0.1, -0.05) is 41.4 Å². The number of hydrogen-bond acceptors (Lipinski definition) is 2. The van der Waals surface area contributed by atoms with Gasteiger partial charge < -0.3 is 10.5 Å². The van der Waals surface area contributed by atoms with Gasteiger partial charge in [-0.05, 0) is 41.8 Å². The summed E-state index contributed by atoms with van der Waals surface area (Å²) in [6.45, 7) is 0. The van der Waals surface area contributed by atoms with Crippen molar-refractivity contribution in [1.82, 2.24) is 0 Å². The number of nitrogens with two attached hydrogens (primary N) is 1. The first-order chi connectivity index (χ1) is 9.11. The zero-order valence-corrected chi connectivity index (χ0v) is 12.1. The third-order valence-electron chi connectivity index (χ3n) is 3.03. The Hall–Kier alpha value is -1.22. The van der Waals surface area contributed by atoms with E-state index in [1.54, 1.807) is 7.11 Å². The fraction of sp³-hybridized carbons (Fsp3) is 0.200. The summed E-state index contributed by atoms with van der Waals surface area (Å²) >= 11 is 12.3. The van der Waals surface area contributed by atoms with Crippen LogP contribution in [0.3, 0.4) is 0 Å². The topological polar surface area (TPSA) is 35.2 Å². The maximum absolute atomic E-state index is 6.20. The molecule has 0 radical (unpaired) electrons. The second-order valence-electron chi connectivity index (χ2n) is 4.28. The van der Waals surface area contributed by atoms with Crippen LogP contribution in [0.1, 0.15) is 17.2 Å². The smallest absolute Gasteiger partial charge is 0.118 e. The van der Waals surface area contributed by atoms with Gasteiger partial charge in [-0.3, -0.25) is 0 Å². The molecular formula is C15H15Cl2NO. The van der Waals surface area contributed by atoms with Crippen LogP contribution in [-0.2, 0) is 6.42 Å². The van der Waals surface area contributed by atoms with Crippen LogP contribution in [0.15, 0.2) is 42.5 Å². The van der Waals surface area contributed by atoms with Gasteiger partial charge >= 0.3 is 0 Å². The molecule has 1 unspecified atom stereocenters. The van der Waals surface area contributed by atoms with Crippen LogP contribution >= 0.6 is 23.2 Å². The molecule has 0 aliphatic carbocycles. The molecule has 0 aliphatic heterocycles. The Morgan fingerprint density at radius 2 is 1.63 bits per heavy atom. The quantitative estimate of drug-likeness (QED) is 0.915. The molecule has 2 N–H and O–H groups in total. The van der Waals surface area contributed by atoms with Gasteiger partial charge in [-0.2, -0.15) is 0 Å². The fourth-order valence-corrected chi connectivity index (χ4v) is 2.47. The Morgan fingerprint density at radius 3 is 2.16 bits per heavy atom. The van der Waals surface area contributed by atoms with E-state index in [0.29, 0.717) is 16.5 Å². The number of hydrogen-bond donors (Lipinski definition) is 1. The van der Waals surface area contributed by atoms with Crippen molar-refractivity contribution in [3.63, 3.8) is 0 Å². The Morgan fingerprint density at radius 1 is 1.05 bits per heavy atom. The second kappa shape index (κ2) is 6.29. The van der Waals surface area contributed by atoms with E-state index in [2.05, 4.69) is 0 Å². The zero-order chi connectivity index (χ0) is 13.8. The lowest BCUT2D eigenvalue weighted by Gasteiger charge is -2.14. The molecule has 19 heavy (non-hydrogen) atoms. The van der Waals surface area contributed by atoms with Crippen molar-refractivity contribution in [3.05, 3.63) is 63.6 Å². The number of benzene rings is 2. The molecule has 0 bridgehead atoms. The summed E-state index contributed by atoms with van der Waals surface area (Å²) in [5, 5.41) is 1.30. The first-order valence-corrected chi connectivity index (χ1v) is 6.70. The number of methoxy groups -OCH3 is 1. The first kappa shape index (κ1) is 14.2. The van der Waals surface area contributed by atoms with Crippen LogP contribution in [-0.4, -0.2) is 7.11 Å². The van der Waals surface area contributed by atoms with E-state index < -0.39 is 0 Å². The summed E-state index contributed by atoms with van der Waals surface area (Å²) in [6, 6.07) is 13.0. The molecule has 0 amide bonds. The summed E-state index contributed by atoms with van der Waals surface area (Å²) in [5.41, 5.74) is 8.11. The maximum Gasteiger partial charge on any atom is 0.118 e. The van der Waals surface area contributed by atoms with Gasteiger partial charge in [0.05, 0.1) is 7.11 Å². The molecule has 2 aromatic carbocycles. The minimum absolute atomic E-state index is 0.150. The Kier molecular flexibility index (Phi) is 4.70. The molecule has 1 atom stereocenters. The summed E-state index contributed by atoms with van der Waals surface area (Å²) in [4.78, 5) is 0. The SMILES string of the molecule is COc1ccc(C(N)Cc2c(Cl)cccc2Cl)cc1. The molecule has 100 valence electrons. The summed E-state index contributed by atoms with van der Waals surface area (Å²) < 4.78 is 5.12. The molecule has 2 rings (SSSR count). The largest absolute Gasteiger partial charge is 0.497 e. The highest BCUT2D eigenvalue weighted by atomic mass is 35.5. The molecule has 0 heterocycles. The van der Waals surface area contributed by atoms with Crippen LogP contribution in [0.25, 0.3) is 0 Å². The maximum atomic E-state index is 6.20. The van der Waals surface area contributed by atoms with Crippen molar-refractivity contribution >= 4 is 23.2 Å². The highest BCUT2D eigenvalue weighted by molar-refractivity contribution is 6.36. The van der Waals surface area contributed by atoms with Crippen molar-refractivity contribution in [2.45, 2.75) is 12.5 Å². The van der Waals surface area contributed by atoms with Crippen LogP contribution in [0.5, 0.6) is 5.75 Å². The van der Waals surface area contributed by atoms with Gasteiger partial charge in [0.15, 0.2) is 0 Å². The normalized spacial score (nSPS) is 12.2. The van der Waals surface area contributed by atoms with Crippen molar-refractivity contribution < 1.29 is 4.74 Å². The van der Waals surface area contributed by atoms with Gasteiger partial charge in [0.1, 0.15) is 5.75 Å². The monoisotopic (exact) mass is 295 g/mol. The standard InChI is InChI=1S/C15H15Cl2NO/c1-19-11-7-5-10(6-8-11)15(18)9-12-13(16)3-2-4-14(12)17/h2-8,15H,9,18H2,1H3. The number of ether oxygens (including phenoxy) is 1. The predicted molar refractivity (Wildman–Crippen MR) is 80.1 cm³/mol. The van der Waals surface area contributed by atoms with E-state index in [1.807, 2.05) is 42.5 Å². The van der Waals surface area contributed by atoms with Gasteiger partial charge in [0, 0.05) is 16.1 Å². The van der Waals surface area contributed by atoms with Crippen molar-refractivity contribution in [1.29, 1.82) is 0 Å². The van der Waals surface area contributed by atoms with E-state index >= 15 is 0 Å². The minimum atomic E-state index is -0.150. The van der Waals surface area contributed by atoms with E-state index in [4.69, 9.17) is 33.7 Å². The third kappa shape index (κ3) is 3.41. The van der Waals surface area contributed by atoms with E-state index in [-0.39, 0.29) is 6.04 Å². The fourth-order valence-electron chi connectivity index (χ4n) is 1.92. The Bertz CT molecular complexity index is 534. The third-order valence-corrected chi connectivity index (χ3v) is 3.74. The summed E-state index contributed by atoms with van der Waals surface area (Å²) in [7, 11) is 1.64. The van der Waals surface area contributed by atoms with E-state index in [1.165, 1.54) is 0 Å². The highest BCUT2D eigenvalue weighted by Crippen LogP contribution is 2.28. The molecule has 0 aromatic heterocycles. The van der Waals surface area contributed by atoms with E-state index in [9.17, 15) is 0 Å². The number of rotatable bonds is 4. The second-order valence-corrected chi connectivity index (χ2v) is 5.10. The van der Waals surface area contributed by atoms with Crippen molar-refractivity contribution in [3.8, 4) is 5.75 Å². The average molecular weight is 296 g/mol. The van der Waals surface area contributed by atoms with Crippen LogP contribution < -0.4 is 10.5 Å². The molecule has 2 nitrogen and oxygen atoms in total. The molecule has 0 saturated carbocycles. The zero-order valence-electron chi connectivity index (χ0n) is 10.6. The molecule has 0 saturated heterocycles. The molecule has 2 aromatic rings. The number of halogens is 2. The molecular weight excluding hydrogens is 281 g/mol. The van der Waals surface area contributed by atoms with Crippen LogP contribution in [0.2, 0.25) is 10.0 Å². The lowest BCUT2D eigenvalue weighted by atomic mass is 9.99. The van der Waals surface area contributed by atoms with Crippen molar-refractivity contribution in [2.24, 2.45) is 5.73 Å². The summed E-state index contributed by atoms with van der Waals surface area (Å²) in [5.74, 6) is 0.812. The van der Waals surface area contributed by atoms with Crippen molar-refractivity contribution in [2.75, 3.05) is 7.11 Å². The Labute approximate surface area is 123 Å². The van der Waals surface area contributed by atoms with Gasteiger partial charge in [-0.25, -0.2) is 0 Å². The van der Waals surface area contributed by atoms with Crippen LogP contribution in [0, 0.1) is 0 Å². The highest BCUT2D eigenvalue weighted by Gasteiger charge is 2.12.